The highest BCUT2D eigenvalue weighted by molar-refractivity contribution is 6.39. The molecule has 2 bridgehead atoms. The summed E-state index contributed by atoms with van der Waals surface area (Å²) in [4.78, 5) is 72.0. The Morgan fingerprint density at radius 2 is 1.66 bits per heavy atom. The van der Waals surface area contributed by atoms with Crippen LogP contribution in [0.15, 0.2) is 53.9 Å². The molecule has 1 amide bonds. The number of methoxy groups -OCH3 is 1. The molecule has 4 heterocycles. The lowest BCUT2D eigenvalue weighted by atomic mass is 9.74. The van der Waals surface area contributed by atoms with Crippen LogP contribution in [0.5, 0.6) is 0 Å². The average molecular weight is 934 g/mol. The average Bonchev–Trinajstić information content (AvgIpc) is 3.84. The summed E-state index contributed by atoms with van der Waals surface area (Å²) in [6.07, 6.45) is 16.6. The highest BCUT2D eigenvalue weighted by atomic mass is 16.6. The fourth-order valence-corrected chi connectivity index (χ4v) is 11.0. The molecule has 15 atom stereocenters. The molecule has 372 valence electrons. The number of aliphatic hydroxyl groups is 2. The summed E-state index contributed by atoms with van der Waals surface area (Å²) < 4.78 is 20.2. The number of piperidine rings is 1. The van der Waals surface area contributed by atoms with Gasteiger partial charge in [-0.25, -0.2) is 9.48 Å². The van der Waals surface area contributed by atoms with E-state index in [9.17, 15) is 34.2 Å². The second kappa shape index (κ2) is 24.4. The van der Waals surface area contributed by atoms with Gasteiger partial charge in [-0.15, -0.1) is 5.10 Å². The molecule has 1 aromatic heterocycles. The van der Waals surface area contributed by atoms with Crippen LogP contribution in [0.3, 0.4) is 0 Å². The summed E-state index contributed by atoms with van der Waals surface area (Å²) in [5, 5.41) is 35.2. The van der Waals surface area contributed by atoms with Gasteiger partial charge in [-0.1, -0.05) is 84.9 Å². The van der Waals surface area contributed by atoms with Crippen LogP contribution in [0.1, 0.15) is 145 Å². The van der Waals surface area contributed by atoms with Gasteiger partial charge in [0.15, 0.2) is 0 Å². The molecule has 15 heteroatoms. The lowest BCUT2D eigenvalue weighted by Crippen LogP contribution is -2.61. The maximum absolute atomic E-state index is 14.5. The number of aliphatic hydroxyl groups excluding tert-OH is 1. The Morgan fingerprint density at radius 1 is 0.910 bits per heavy atom. The van der Waals surface area contributed by atoms with E-state index in [-0.39, 0.29) is 66.6 Å². The number of ketones is 3. The van der Waals surface area contributed by atoms with E-state index in [2.05, 4.69) is 22.4 Å². The van der Waals surface area contributed by atoms with Crippen molar-refractivity contribution in [2.45, 2.75) is 182 Å². The van der Waals surface area contributed by atoms with Crippen LogP contribution in [-0.4, -0.2) is 114 Å². The molecule has 0 radical (unpaired) electrons. The second-order valence-electron chi connectivity index (χ2n) is 20.7. The number of esters is 1. The SMILES string of the molecule is CO[C@H]1C[C@@H]2CC[C@@H](C)[C@@](O)(O2)C(=O)C(=O)N2CCCC[C@H]2C(=O)O[C@H]([C@H](C)C[C@@H]2CC[C@@H](n3cnnn3)[C@H](C)C2)CC(=O)[C@H](C)/C=C(\C)[C@@H](O)[C@@H](C)C(=O)[C@H](C)C[C@H](C)/C=C/C=CC=C1C. The van der Waals surface area contributed by atoms with E-state index in [4.69, 9.17) is 14.2 Å². The minimum absolute atomic E-state index is 0.0583. The van der Waals surface area contributed by atoms with E-state index in [1.165, 1.54) is 4.90 Å². The van der Waals surface area contributed by atoms with Gasteiger partial charge in [0.05, 0.1) is 24.4 Å². The number of rotatable bonds is 5. The molecular formula is C52H79N5O10. The molecular weight excluding hydrogens is 855 g/mol. The predicted molar refractivity (Wildman–Crippen MR) is 253 cm³/mol. The van der Waals surface area contributed by atoms with Gasteiger partial charge in [0.2, 0.25) is 5.79 Å². The summed E-state index contributed by atoms with van der Waals surface area (Å²) in [5.74, 6) is -7.49. The molecule has 1 aromatic rings. The topological polar surface area (TPSA) is 200 Å². The van der Waals surface area contributed by atoms with Gasteiger partial charge in [-0.3, -0.25) is 19.2 Å². The molecule has 3 aliphatic heterocycles. The van der Waals surface area contributed by atoms with Gasteiger partial charge in [-0.05, 0) is 123 Å². The fraction of sp³-hybridized carbons (Fsp3) is 0.731. The molecule has 4 aliphatic rings. The van der Waals surface area contributed by atoms with Crippen molar-refractivity contribution >= 4 is 29.2 Å². The van der Waals surface area contributed by atoms with Crippen molar-refractivity contribution in [3.63, 3.8) is 0 Å². The summed E-state index contributed by atoms with van der Waals surface area (Å²) in [6.45, 7) is 17.0. The number of amides is 1. The van der Waals surface area contributed by atoms with Crippen LogP contribution in [0.4, 0.5) is 0 Å². The van der Waals surface area contributed by atoms with Gasteiger partial charge in [-0.2, -0.15) is 0 Å². The van der Waals surface area contributed by atoms with Crippen LogP contribution >= 0.6 is 0 Å². The molecule has 2 N–H and O–H groups in total. The number of tetrazole rings is 1. The number of Topliss-reactive ketones (excluding diaryl/α,β-unsaturated/α-hetero) is 3. The summed E-state index contributed by atoms with van der Waals surface area (Å²) in [5.41, 5.74) is 1.41. The van der Waals surface area contributed by atoms with Crippen molar-refractivity contribution in [3.8, 4) is 0 Å². The predicted octanol–water partition coefficient (Wildman–Crippen LogP) is 7.29. The number of aromatic nitrogens is 4. The third-order valence-electron chi connectivity index (χ3n) is 15.3. The van der Waals surface area contributed by atoms with Crippen molar-refractivity contribution in [2.24, 2.45) is 47.3 Å². The largest absolute Gasteiger partial charge is 0.460 e. The van der Waals surface area contributed by atoms with E-state index in [1.54, 1.807) is 47.2 Å². The van der Waals surface area contributed by atoms with Crippen molar-refractivity contribution in [1.82, 2.24) is 25.1 Å². The molecule has 0 unspecified atom stereocenters. The lowest BCUT2D eigenvalue weighted by molar-refractivity contribution is -0.265. The maximum Gasteiger partial charge on any atom is 0.329 e. The van der Waals surface area contributed by atoms with E-state index in [1.807, 2.05) is 62.8 Å². The zero-order valence-electron chi connectivity index (χ0n) is 41.7. The summed E-state index contributed by atoms with van der Waals surface area (Å²) >= 11 is 0. The monoisotopic (exact) mass is 934 g/mol. The Balaban J connectivity index is 1.44. The second-order valence-corrected chi connectivity index (χ2v) is 20.7. The molecule has 2 saturated heterocycles. The molecule has 0 aromatic carbocycles. The van der Waals surface area contributed by atoms with Gasteiger partial charge in [0.25, 0.3) is 11.7 Å². The van der Waals surface area contributed by atoms with Gasteiger partial charge < -0.3 is 29.3 Å². The highest BCUT2D eigenvalue weighted by Gasteiger charge is 2.53. The number of carbonyl (C=O) groups excluding carboxylic acids is 5. The van der Waals surface area contributed by atoms with Crippen molar-refractivity contribution in [2.75, 3.05) is 13.7 Å². The van der Waals surface area contributed by atoms with Crippen LogP contribution in [-0.2, 0) is 38.2 Å². The van der Waals surface area contributed by atoms with Crippen LogP contribution in [0, 0.1) is 47.3 Å². The first kappa shape index (κ1) is 53.8. The first-order valence-electron chi connectivity index (χ1n) is 24.9. The Hall–Kier alpha value is -4.18. The maximum atomic E-state index is 14.5. The van der Waals surface area contributed by atoms with E-state index in [0.717, 1.165) is 24.8 Å². The summed E-state index contributed by atoms with van der Waals surface area (Å²) in [6, 6.07) is -0.942. The van der Waals surface area contributed by atoms with Crippen molar-refractivity contribution < 1.29 is 48.4 Å². The van der Waals surface area contributed by atoms with Crippen LogP contribution < -0.4 is 0 Å². The number of hydrogen-bond donors (Lipinski definition) is 2. The zero-order chi connectivity index (χ0) is 49.2. The third-order valence-corrected chi connectivity index (χ3v) is 15.3. The van der Waals surface area contributed by atoms with Crippen LogP contribution in [0.25, 0.3) is 0 Å². The Bertz CT molecular complexity index is 1980. The van der Waals surface area contributed by atoms with E-state index < -0.39 is 71.7 Å². The number of hydrogen-bond acceptors (Lipinski definition) is 13. The first-order valence-corrected chi connectivity index (χ1v) is 24.9. The number of fused-ring (bicyclic) bond motifs is 3. The number of allylic oxidation sites excluding steroid dienone is 6. The number of cyclic esters (lactones) is 1. The molecule has 1 saturated carbocycles. The Labute approximate surface area is 398 Å². The minimum Gasteiger partial charge on any atom is -0.460 e. The minimum atomic E-state index is -2.41. The molecule has 15 nitrogen and oxygen atoms in total. The lowest BCUT2D eigenvalue weighted by Gasteiger charge is -2.42. The normalized spacial score (nSPS) is 38.3. The molecule has 3 fully saturated rings. The number of nitrogens with zero attached hydrogens (tertiary/aromatic N) is 5. The molecule has 1 aliphatic carbocycles. The number of ether oxygens (including phenoxy) is 3. The molecule has 5 rings (SSSR count). The van der Waals surface area contributed by atoms with Gasteiger partial charge >= 0.3 is 5.97 Å². The van der Waals surface area contributed by atoms with E-state index in [0.29, 0.717) is 50.5 Å². The van der Waals surface area contributed by atoms with Crippen molar-refractivity contribution in [3.05, 3.63) is 53.9 Å². The van der Waals surface area contributed by atoms with Gasteiger partial charge in [0.1, 0.15) is 30.0 Å². The summed E-state index contributed by atoms with van der Waals surface area (Å²) in [7, 11) is 1.59. The van der Waals surface area contributed by atoms with E-state index >= 15 is 0 Å². The zero-order valence-corrected chi connectivity index (χ0v) is 41.7. The van der Waals surface area contributed by atoms with Crippen molar-refractivity contribution in [1.29, 1.82) is 0 Å². The Morgan fingerprint density at radius 3 is 2.34 bits per heavy atom. The molecule has 0 spiro atoms. The molecule has 67 heavy (non-hydrogen) atoms. The van der Waals surface area contributed by atoms with Gasteiger partial charge in [0, 0.05) is 50.2 Å². The third kappa shape index (κ3) is 13.8. The smallest absolute Gasteiger partial charge is 0.329 e. The standard InChI is InChI=1S/C52H79N5O10/c1-31-16-12-11-13-17-32(2)45(65-10)28-41-21-19-38(8)52(64,67-41)49(61)50(62)56-23-15-14-18-43(56)51(63)66-46(35(5)27-40-20-22-42(33(3)26-40)57-30-53-54-55-57)29-44(58)34(4)25-37(7)48(60)39(9)47(59)36(6)24-31/h11-13,16-17,25,30-31,33-36,38-43,45-46,48,60,64H,14-15,18-24,26-29H2,1-10H3/b13-11?,16-12+,32-17?,37-25+/t31-,33-,34-,35-,36-,38-,39+,40-,41+,42-,43+,45+,46+,48-,52-/m1/s1. The first-order chi connectivity index (χ1) is 31.7. The number of carbonyl (C=O) groups is 5. The highest BCUT2D eigenvalue weighted by Crippen LogP contribution is 2.41. The Kier molecular flexibility index (Phi) is 19.6. The quantitative estimate of drug-likeness (QED) is 0.170. The van der Waals surface area contributed by atoms with Crippen LogP contribution in [0.2, 0.25) is 0 Å². The fourth-order valence-electron chi connectivity index (χ4n) is 11.0.